The van der Waals surface area contributed by atoms with Crippen LogP contribution in [0.5, 0.6) is 17.2 Å². The molecule has 0 bridgehead atoms. The number of hydrogen-bond donors (Lipinski definition) is 4. The lowest BCUT2D eigenvalue weighted by atomic mass is 9.86. The van der Waals surface area contributed by atoms with Crippen LogP contribution in [-0.4, -0.2) is 23.3 Å². The highest BCUT2D eigenvalue weighted by Crippen LogP contribution is 2.45. The van der Waals surface area contributed by atoms with Crippen LogP contribution in [0.1, 0.15) is 30.9 Å². The second kappa shape index (κ2) is 7.78. The van der Waals surface area contributed by atoms with Crippen molar-refractivity contribution in [2.75, 3.05) is 11.9 Å². The Morgan fingerprint density at radius 3 is 2.60 bits per heavy atom. The molecule has 0 saturated heterocycles. The minimum atomic E-state index is -0.338. The van der Waals surface area contributed by atoms with Crippen LogP contribution in [0.3, 0.4) is 0 Å². The molecule has 0 aromatic heterocycles. The van der Waals surface area contributed by atoms with Crippen LogP contribution in [0.4, 0.5) is 5.69 Å². The van der Waals surface area contributed by atoms with E-state index in [0.29, 0.717) is 12.4 Å². The molecule has 1 unspecified atom stereocenters. The van der Waals surface area contributed by atoms with Gasteiger partial charge in [-0.3, -0.25) is 5.41 Å². The predicted molar refractivity (Wildman–Crippen MR) is 120 cm³/mol. The highest BCUT2D eigenvalue weighted by atomic mass is 16.5. The first-order valence-corrected chi connectivity index (χ1v) is 10.1. The van der Waals surface area contributed by atoms with Gasteiger partial charge in [0.1, 0.15) is 22.8 Å². The van der Waals surface area contributed by atoms with Crippen LogP contribution in [0.2, 0.25) is 0 Å². The van der Waals surface area contributed by atoms with E-state index in [1.54, 1.807) is 0 Å². The van der Waals surface area contributed by atoms with Gasteiger partial charge >= 0.3 is 0 Å². The van der Waals surface area contributed by atoms with Crippen molar-refractivity contribution in [3.05, 3.63) is 59.7 Å². The molecule has 0 radical (unpaired) electrons. The fourth-order valence-electron chi connectivity index (χ4n) is 4.02. The Hall–Kier alpha value is -3.41. The largest absolute Gasteiger partial charge is 0.507 e. The van der Waals surface area contributed by atoms with E-state index in [1.165, 1.54) is 0 Å². The molecule has 1 heterocycles. The van der Waals surface area contributed by atoms with Crippen LogP contribution < -0.4 is 20.5 Å². The normalized spacial score (nSPS) is 17.8. The van der Waals surface area contributed by atoms with Crippen LogP contribution in [0, 0.1) is 12.3 Å². The van der Waals surface area contributed by atoms with Crippen molar-refractivity contribution in [1.29, 1.82) is 5.41 Å². The molecule has 1 aliphatic heterocycles. The number of guanidine groups is 1. The van der Waals surface area contributed by atoms with Crippen molar-refractivity contribution >= 4 is 22.4 Å². The zero-order valence-electron chi connectivity index (χ0n) is 17.3. The average Bonchev–Trinajstić information content (AvgIpc) is 2.73. The van der Waals surface area contributed by atoms with Crippen LogP contribution in [0.25, 0.3) is 10.8 Å². The van der Waals surface area contributed by atoms with E-state index in [9.17, 15) is 5.11 Å². The summed E-state index contributed by atoms with van der Waals surface area (Å²) >= 11 is 0. The van der Waals surface area contributed by atoms with Gasteiger partial charge in [0, 0.05) is 28.4 Å². The molecule has 1 atom stereocenters. The number of hydrogen-bond acceptors (Lipinski definition) is 4. The molecule has 3 aromatic rings. The van der Waals surface area contributed by atoms with Crippen molar-refractivity contribution < 1.29 is 14.6 Å². The summed E-state index contributed by atoms with van der Waals surface area (Å²) < 4.78 is 12.5. The maximum Gasteiger partial charge on any atom is 0.190 e. The van der Waals surface area contributed by atoms with E-state index >= 15 is 0 Å². The fourth-order valence-corrected chi connectivity index (χ4v) is 4.02. The van der Waals surface area contributed by atoms with Gasteiger partial charge in [-0.25, -0.2) is 0 Å². The Kier molecular flexibility index (Phi) is 5.16. The summed E-state index contributed by atoms with van der Waals surface area (Å²) in [5.74, 6) is 1.90. The van der Waals surface area contributed by atoms with Crippen molar-refractivity contribution in [2.45, 2.75) is 38.7 Å². The van der Waals surface area contributed by atoms with Crippen LogP contribution >= 0.6 is 0 Å². The van der Waals surface area contributed by atoms with Gasteiger partial charge in [-0.1, -0.05) is 24.3 Å². The Labute approximate surface area is 176 Å². The van der Waals surface area contributed by atoms with Gasteiger partial charge in [0.15, 0.2) is 5.96 Å². The third-order valence-electron chi connectivity index (χ3n) is 5.79. The van der Waals surface area contributed by atoms with Gasteiger partial charge in [0.25, 0.3) is 0 Å². The second-order valence-electron chi connectivity index (χ2n) is 8.04. The number of nitrogens with one attached hydrogen (secondary N) is 2. The van der Waals surface area contributed by atoms with Gasteiger partial charge in [-0.15, -0.1) is 0 Å². The number of anilines is 1. The van der Waals surface area contributed by atoms with E-state index in [2.05, 4.69) is 12.2 Å². The maximum atomic E-state index is 10.6. The first-order valence-electron chi connectivity index (χ1n) is 10.1. The van der Waals surface area contributed by atoms with E-state index in [1.807, 2.05) is 55.5 Å². The molecule has 0 aliphatic carbocycles. The summed E-state index contributed by atoms with van der Waals surface area (Å²) in [5.41, 5.74) is 7.75. The lowest BCUT2D eigenvalue weighted by Gasteiger charge is -2.37. The van der Waals surface area contributed by atoms with Crippen LogP contribution in [-0.2, 0) is 6.42 Å². The molecule has 1 aliphatic rings. The monoisotopic (exact) mass is 405 g/mol. The minimum Gasteiger partial charge on any atom is -0.507 e. The molecular formula is C24H27N3O3. The quantitative estimate of drug-likeness (QED) is 0.364. The Balaban J connectivity index is 1.46. The zero-order valence-corrected chi connectivity index (χ0v) is 17.3. The number of phenols is 1. The van der Waals surface area contributed by atoms with Gasteiger partial charge in [-0.2, -0.15) is 0 Å². The molecule has 0 fully saturated rings. The Bertz CT molecular complexity index is 1100. The lowest BCUT2D eigenvalue weighted by Crippen LogP contribution is -2.38. The van der Waals surface area contributed by atoms with Crippen molar-refractivity contribution in [2.24, 2.45) is 5.73 Å². The molecule has 156 valence electrons. The first-order chi connectivity index (χ1) is 14.4. The fraction of sp³-hybridized carbons (Fsp3) is 0.292. The maximum absolute atomic E-state index is 10.6. The highest BCUT2D eigenvalue weighted by molar-refractivity contribution is 5.96. The topological polar surface area (TPSA) is 101 Å². The predicted octanol–water partition coefficient (Wildman–Crippen LogP) is 4.71. The Morgan fingerprint density at radius 1 is 1.20 bits per heavy atom. The SMILES string of the molecule is Cc1c2c(c3ccccc3c1O)OC(C)(CCOc1ccc(NC(=N)N)cc1)CC2. The molecule has 0 amide bonds. The van der Waals surface area contributed by atoms with Crippen molar-refractivity contribution in [3.63, 3.8) is 0 Å². The van der Waals surface area contributed by atoms with Crippen molar-refractivity contribution in [3.8, 4) is 17.2 Å². The number of rotatable bonds is 5. The number of benzene rings is 3. The molecule has 6 nitrogen and oxygen atoms in total. The molecule has 0 spiro atoms. The molecule has 3 aromatic carbocycles. The number of fused-ring (bicyclic) bond motifs is 3. The van der Waals surface area contributed by atoms with Gasteiger partial charge in [0.2, 0.25) is 0 Å². The standard InChI is InChI=1S/C24H27N3O3/c1-15-18-11-12-24(2,30-22(18)20-6-4-3-5-19(20)21(15)28)13-14-29-17-9-7-16(8-10-17)27-23(25)26/h3-10,28H,11-14H2,1-2H3,(H4,25,26,27). The lowest BCUT2D eigenvalue weighted by molar-refractivity contribution is 0.0437. The van der Waals surface area contributed by atoms with E-state index in [0.717, 1.165) is 58.3 Å². The third kappa shape index (κ3) is 3.85. The smallest absolute Gasteiger partial charge is 0.190 e. The molecule has 4 rings (SSSR count). The summed E-state index contributed by atoms with van der Waals surface area (Å²) in [6.07, 6.45) is 2.47. The summed E-state index contributed by atoms with van der Waals surface area (Å²) in [7, 11) is 0. The minimum absolute atomic E-state index is 0.0950. The average molecular weight is 405 g/mol. The molecular weight excluding hydrogens is 378 g/mol. The molecule has 6 heteroatoms. The third-order valence-corrected chi connectivity index (χ3v) is 5.79. The van der Waals surface area contributed by atoms with Gasteiger partial charge in [0.05, 0.1) is 6.61 Å². The summed E-state index contributed by atoms with van der Waals surface area (Å²) in [6, 6.07) is 15.2. The summed E-state index contributed by atoms with van der Waals surface area (Å²) in [6.45, 7) is 4.61. The number of phenolic OH excluding ortho intramolecular Hbond substituents is 1. The number of aromatic hydroxyl groups is 1. The highest BCUT2D eigenvalue weighted by Gasteiger charge is 2.34. The summed E-state index contributed by atoms with van der Waals surface area (Å²) in [5, 5.41) is 22.4. The number of ether oxygens (including phenoxy) is 2. The molecule has 5 N–H and O–H groups in total. The van der Waals surface area contributed by atoms with E-state index in [-0.39, 0.29) is 11.6 Å². The second-order valence-corrected chi connectivity index (χ2v) is 8.04. The van der Waals surface area contributed by atoms with Gasteiger partial charge in [-0.05, 0) is 56.5 Å². The van der Waals surface area contributed by atoms with Crippen LogP contribution in [0.15, 0.2) is 48.5 Å². The Morgan fingerprint density at radius 2 is 1.90 bits per heavy atom. The number of nitrogens with two attached hydrogens (primary N) is 1. The van der Waals surface area contributed by atoms with Crippen molar-refractivity contribution in [1.82, 2.24) is 0 Å². The van der Waals surface area contributed by atoms with E-state index in [4.69, 9.17) is 20.6 Å². The van der Waals surface area contributed by atoms with E-state index < -0.39 is 0 Å². The zero-order chi connectivity index (χ0) is 21.3. The molecule has 0 saturated carbocycles. The van der Waals surface area contributed by atoms with Gasteiger partial charge < -0.3 is 25.6 Å². The first kappa shape index (κ1) is 19.9. The summed E-state index contributed by atoms with van der Waals surface area (Å²) in [4.78, 5) is 0. The molecule has 30 heavy (non-hydrogen) atoms.